The van der Waals surface area contributed by atoms with E-state index in [0.29, 0.717) is 11.8 Å². The van der Waals surface area contributed by atoms with Crippen molar-refractivity contribution >= 4 is 0 Å². The molecule has 0 heterocycles. The van der Waals surface area contributed by atoms with Crippen LogP contribution in [0.2, 0.25) is 0 Å². The second kappa shape index (κ2) is 4.43. The van der Waals surface area contributed by atoms with Gasteiger partial charge < -0.3 is 5.11 Å². The van der Waals surface area contributed by atoms with E-state index in [-0.39, 0.29) is 6.10 Å². The molecule has 0 saturated heterocycles. The van der Waals surface area contributed by atoms with Gasteiger partial charge in [-0.2, -0.15) is 0 Å². The minimum atomic E-state index is -0.332. The average molecular weight is 178 g/mol. The van der Waals surface area contributed by atoms with E-state index in [1.54, 1.807) is 0 Å². The van der Waals surface area contributed by atoms with E-state index in [9.17, 15) is 5.11 Å². The minimum Gasteiger partial charge on any atom is -0.388 e. The molecule has 0 amide bonds. The summed E-state index contributed by atoms with van der Waals surface area (Å²) in [5.41, 5.74) is 1.02. The third kappa shape index (κ3) is 2.56. The van der Waals surface area contributed by atoms with Gasteiger partial charge in [-0.15, -0.1) is 0 Å². The topological polar surface area (TPSA) is 20.2 Å². The first-order chi connectivity index (χ1) is 6.13. The lowest BCUT2D eigenvalue weighted by atomic mass is 9.88. The molecule has 1 nitrogen and oxygen atoms in total. The van der Waals surface area contributed by atoms with E-state index in [2.05, 4.69) is 20.8 Å². The van der Waals surface area contributed by atoms with Crippen molar-refractivity contribution in [3.63, 3.8) is 0 Å². The van der Waals surface area contributed by atoms with Gasteiger partial charge in [0.15, 0.2) is 0 Å². The fourth-order valence-corrected chi connectivity index (χ4v) is 1.32. The van der Waals surface area contributed by atoms with Crippen molar-refractivity contribution in [2.75, 3.05) is 0 Å². The van der Waals surface area contributed by atoms with Crippen LogP contribution in [0.5, 0.6) is 0 Å². The van der Waals surface area contributed by atoms with E-state index >= 15 is 0 Å². The summed E-state index contributed by atoms with van der Waals surface area (Å²) in [7, 11) is 0. The summed E-state index contributed by atoms with van der Waals surface area (Å²) in [6, 6.07) is 9.85. The summed E-state index contributed by atoms with van der Waals surface area (Å²) in [5.74, 6) is 0.817. The number of hydrogen-bond donors (Lipinski definition) is 1. The number of benzene rings is 1. The highest BCUT2D eigenvalue weighted by molar-refractivity contribution is 5.17. The van der Waals surface area contributed by atoms with E-state index in [4.69, 9.17) is 0 Å². The Labute approximate surface area is 80.4 Å². The fourth-order valence-electron chi connectivity index (χ4n) is 1.32. The van der Waals surface area contributed by atoms with Crippen LogP contribution in [-0.4, -0.2) is 5.11 Å². The van der Waals surface area contributed by atoms with Gasteiger partial charge in [-0.3, -0.25) is 0 Å². The highest BCUT2D eigenvalue weighted by Crippen LogP contribution is 2.26. The summed E-state index contributed by atoms with van der Waals surface area (Å²) >= 11 is 0. The molecule has 0 aromatic heterocycles. The molecule has 0 radical (unpaired) electrons. The van der Waals surface area contributed by atoms with Gasteiger partial charge in [0, 0.05) is 0 Å². The quantitative estimate of drug-likeness (QED) is 0.754. The molecule has 72 valence electrons. The van der Waals surface area contributed by atoms with Crippen LogP contribution < -0.4 is 0 Å². The Morgan fingerprint density at radius 1 is 1.00 bits per heavy atom. The van der Waals surface area contributed by atoms with E-state index in [1.807, 2.05) is 30.3 Å². The Morgan fingerprint density at radius 3 is 2.00 bits per heavy atom. The molecule has 1 aromatic rings. The highest BCUT2D eigenvalue weighted by atomic mass is 16.3. The van der Waals surface area contributed by atoms with Crippen molar-refractivity contribution in [3.05, 3.63) is 35.9 Å². The molecule has 1 heteroatoms. The van der Waals surface area contributed by atoms with Crippen LogP contribution in [0.15, 0.2) is 30.3 Å². The molecule has 0 fully saturated rings. The van der Waals surface area contributed by atoms with Crippen molar-refractivity contribution in [1.29, 1.82) is 0 Å². The molecule has 0 aliphatic heterocycles. The molecule has 0 bridgehead atoms. The number of rotatable bonds is 3. The van der Waals surface area contributed by atoms with Crippen LogP contribution in [0.4, 0.5) is 0 Å². The second-order valence-corrected chi connectivity index (χ2v) is 3.96. The largest absolute Gasteiger partial charge is 0.388 e. The normalized spacial score (nSPS) is 15.8. The molecule has 1 rings (SSSR count). The smallest absolute Gasteiger partial charge is 0.0818 e. The second-order valence-electron chi connectivity index (χ2n) is 3.96. The molecule has 1 unspecified atom stereocenters. The summed E-state index contributed by atoms with van der Waals surface area (Å²) in [6.45, 7) is 6.36. The summed E-state index contributed by atoms with van der Waals surface area (Å²) < 4.78 is 0. The van der Waals surface area contributed by atoms with Crippen LogP contribution in [0.3, 0.4) is 0 Å². The van der Waals surface area contributed by atoms with Crippen molar-refractivity contribution in [2.24, 2.45) is 11.8 Å². The van der Waals surface area contributed by atoms with Crippen molar-refractivity contribution < 1.29 is 5.11 Å². The Balaban J connectivity index is 2.73. The first-order valence-corrected chi connectivity index (χ1v) is 4.86. The zero-order valence-corrected chi connectivity index (χ0v) is 8.57. The molecule has 0 aliphatic carbocycles. The van der Waals surface area contributed by atoms with Crippen LogP contribution in [0.1, 0.15) is 32.4 Å². The first kappa shape index (κ1) is 10.3. The molecule has 0 aliphatic rings. The molecular formula is C12H18O. The van der Waals surface area contributed by atoms with E-state index < -0.39 is 0 Å². The molecule has 1 aromatic carbocycles. The van der Waals surface area contributed by atoms with E-state index in [1.165, 1.54) is 0 Å². The SMILES string of the molecule is CC(C)C(C)[C@H](O)c1ccccc1. The zero-order valence-electron chi connectivity index (χ0n) is 8.57. The highest BCUT2D eigenvalue weighted by Gasteiger charge is 2.18. The fraction of sp³-hybridized carbons (Fsp3) is 0.500. The zero-order chi connectivity index (χ0) is 9.84. The van der Waals surface area contributed by atoms with Gasteiger partial charge in [0.05, 0.1) is 6.10 Å². The number of hydrogen-bond acceptors (Lipinski definition) is 1. The van der Waals surface area contributed by atoms with Crippen LogP contribution in [-0.2, 0) is 0 Å². The molecule has 0 spiro atoms. The summed E-state index contributed by atoms with van der Waals surface area (Å²) in [6.07, 6.45) is -0.332. The lowest BCUT2D eigenvalue weighted by Crippen LogP contribution is -2.14. The summed E-state index contributed by atoms with van der Waals surface area (Å²) in [4.78, 5) is 0. The molecule has 13 heavy (non-hydrogen) atoms. The number of aliphatic hydroxyl groups excluding tert-OH is 1. The van der Waals surface area contributed by atoms with Crippen molar-refractivity contribution in [2.45, 2.75) is 26.9 Å². The van der Waals surface area contributed by atoms with Crippen LogP contribution in [0, 0.1) is 11.8 Å². The molecular weight excluding hydrogens is 160 g/mol. The average Bonchev–Trinajstić information content (AvgIpc) is 2.17. The predicted molar refractivity (Wildman–Crippen MR) is 55.4 cm³/mol. The Morgan fingerprint density at radius 2 is 1.54 bits per heavy atom. The maximum atomic E-state index is 9.96. The van der Waals surface area contributed by atoms with Gasteiger partial charge >= 0.3 is 0 Å². The minimum absolute atomic E-state index is 0.308. The van der Waals surface area contributed by atoms with Gasteiger partial charge in [-0.25, -0.2) is 0 Å². The van der Waals surface area contributed by atoms with Crippen LogP contribution in [0.25, 0.3) is 0 Å². The Kier molecular flexibility index (Phi) is 3.49. The van der Waals surface area contributed by atoms with Crippen LogP contribution >= 0.6 is 0 Å². The third-order valence-electron chi connectivity index (χ3n) is 2.69. The van der Waals surface area contributed by atoms with Gasteiger partial charge in [0.2, 0.25) is 0 Å². The summed E-state index contributed by atoms with van der Waals surface area (Å²) in [5, 5.41) is 9.96. The maximum Gasteiger partial charge on any atom is 0.0818 e. The van der Waals surface area contributed by atoms with Gasteiger partial charge in [-0.1, -0.05) is 51.1 Å². The Hall–Kier alpha value is -0.820. The lowest BCUT2D eigenvalue weighted by molar-refractivity contribution is 0.0921. The lowest BCUT2D eigenvalue weighted by Gasteiger charge is -2.22. The first-order valence-electron chi connectivity index (χ1n) is 4.86. The molecule has 1 N–H and O–H groups in total. The number of aliphatic hydroxyl groups is 1. The Bertz CT molecular complexity index is 241. The van der Waals surface area contributed by atoms with Gasteiger partial charge in [-0.05, 0) is 17.4 Å². The monoisotopic (exact) mass is 178 g/mol. The predicted octanol–water partition coefficient (Wildman–Crippen LogP) is 3.01. The third-order valence-corrected chi connectivity index (χ3v) is 2.69. The standard InChI is InChI=1S/C12H18O/c1-9(2)10(3)12(13)11-7-5-4-6-8-11/h4-10,12-13H,1-3H3/t10?,12-/m0/s1. The van der Waals surface area contributed by atoms with Crippen molar-refractivity contribution in [1.82, 2.24) is 0 Å². The maximum absolute atomic E-state index is 9.96. The van der Waals surface area contributed by atoms with Gasteiger partial charge in [0.1, 0.15) is 0 Å². The van der Waals surface area contributed by atoms with Gasteiger partial charge in [0.25, 0.3) is 0 Å². The molecule has 2 atom stereocenters. The van der Waals surface area contributed by atoms with Crippen molar-refractivity contribution in [3.8, 4) is 0 Å². The van der Waals surface area contributed by atoms with E-state index in [0.717, 1.165) is 5.56 Å². The molecule has 0 saturated carbocycles.